The number of amides is 1. The molecule has 1 aliphatic carbocycles. The van der Waals surface area contributed by atoms with Crippen molar-refractivity contribution in [1.82, 2.24) is 10.2 Å². The first-order chi connectivity index (χ1) is 11.7. The third kappa shape index (κ3) is 3.96. The first-order valence-electron chi connectivity index (χ1n) is 8.73. The van der Waals surface area contributed by atoms with Crippen molar-refractivity contribution in [2.75, 3.05) is 44.6 Å². The number of carbonyl (C=O) groups is 2. The third-order valence-electron chi connectivity index (χ3n) is 4.48. The Morgan fingerprint density at radius 1 is 1.25 bits per heavy atom. The van der Waals surface area contributed by atoms with Crippen LogP contribution in [0.25, 0.3) is 0 Å². The van der Waals surface area contributed by atoms with E-state index in [1.54, 1.807) is 18.3 Å². The third-order valence-corrected chi connectivity index (χ3v) is 5.69. The van der Waals surface area contributed by atoms with Crippen molar-refractivity contribution in [2.45, 2.75) is 32.6 Å². The van der Waals surface area contributed by atoms with Crippen LogP contribution >= 0.6 is 11.3 Å². The first-order valence-corrected chi connectivity index (χ1v) is 9.55. The maximum Gasteiger partial charge on any atom is 0.341 e. The molecule has 0 aromatic carbocycles. The number of aryl methyl sites for hydroxylation is 1. The summed E-state index contributed by atoms with van der Waals surface area (Å²) >= 11 is 1.54. The molecule has 0 spiro atoms. The molecule has 1 saturated heterocycles. The van der Waals surface area contributed by atoms with Crippen molar-refractivity contribution in [1.29, 1.82) is 0 Å². The second kappa shape index (κ2) is 8.09. The van der Waals surface area contributed by atoms with Crippen LogP contribution in [0.4, 0.5) is 5.00 Å². The van der Waals surface area contributed by atoms with Crippen molar-refractivity contribution < 1.29 is 14.3 Å². The molecule has 24 heavy (non-hydrogen) atoms. The minimum Gasteiger partial charge on any atom is -0.462 e. The number of nitrogens with one attached hydrogen (secondary N) is 2. The summed E-state index contributed by atoms with van der Waals surface area (Å²) in [6.07, 6.45) is 4.11. The Morgan fingerprint density at radius 2 is 2.00 bits per heavy atom. The number of hydrogen-bond donors (Lipinski definition) is 2. The highest BCUT2D eigenvalue weighted by Gasteiger charge is 2.27. The molecule has 2 heterocycles. The minimum atomic E-state index is -0.311. The maximum atomic E-state index is 12.4. The smallest absolute Gasteiger partial charge is 0.341 e. The first kappa shape index (κ1) is 17.4. The van der Waals surface area contributed by atoms with Gasteiger partial charge in [0.15, 0.2) is 0 Å². The fourth-order valence-electron chi connectivity index (χ4n) is 3.31. The molecule has 0 atom stereocenters. The number of hydrogen-bond acceptors (Lipinski definition) is 6. The molecule has 0 radical (unpaired) electrons. The zero-order chi connectivity index (χ0) is 16.9. The van der Waals surface area contributed by atoms with Gasteiger partial charge >= 0.3 is 5.97 Å². The number of fused-ring (bicyclic) bond motifs is 1. The molecule has 0 unspecified atom stereocenters. The summed E-state index contributed by atoms with van der Waals surface area (Å²) in [6.45, 7) is 6.09. The number of anilines is 1. The average Bonchev–Trinajstić information content (AvgIpc) is 2.93. The van der Waals surface area contributed by atoms with Gasteiger partial charge in [-0.1, -0.05) is 0 Å². The number of thiophene rings is 1. The van der Waals surface area contributed by atoms with Crippen molar-refractivity contribution in [3.8, 4) is 0 Å². The highest BCUT2D eigenvalue weighted by Crippen LogP contribution is 2.38. The van der Waals surface area contributed by atoms with E-state index in [9.17, 15) is 9.59 Å². The van der Waals surface area contributed by atoms with E-state index in [0.29, 0.717) is 23.7 Å². The summed E-state index contributed by atoms with van der Waals surface area (Å²) in [6, 6.07) is 0. The van der Waals surface area contributed by atoms with Gasteiger partial charge in [-0.25, -0.2) is 4.79 Å². The highest BCUT2D eigenvalue weighted by atomic mass is 32.1. The van der Waals surface area contributed by atoms with Crippen molar-refractivity contribution in [3.63, 3.8) is 0 Å². The predicted octanol–water partition coefficient (Wildman–Crippen LogP) is 1.65. The predicted molar refractivity (Wildman–Crippen MR) is 94.9 cm³/mol. The number of piperazine rings is 1. The Bertz CT molecular complexity index is 608. The zero-order valence-corrected chi connectivity index (χ0v) is 15.0. The van der Waals surface area contributed by atoms with Gasteiger partial charge in [0, 0.05) is 31.1 Å². The molecule has 7 heteroatoms. The molecule has 1 aromatic heterocycles. The fourth-order valence-corrected chi connectivity index (χ4v) is 4.61. The summed E-state index contributed by atoms with van der Waals surface area (Å²) in [5.41, 5.74) is 1.67. The SMILES string of the molecule is CCOC(=O)c1c(NC(=O)CN2CCNCC2)sc2c1CCCC2. The van der Waals surface area contributed by atoms with Gasteiger partial charge in [0.1, 0.15) is 5.00 Å². The molecule has 0 saturated carbocycles. The summed E-state index contributed by atoms with van der Waals surface area (Å²) in [7, 11) is 0. The normalized spacial score (nSPS) is 18.0. The van der Waals surface area contributed by atoms with Gasteiger partial charge in [-0.15, -0.1) is 11.3 Å². The Kier molecular flexibility index (Phi) is 5.86. The molecule has 1 aliphatic heterocycles. The molecule has 2 N–H and O–H groups in total. The largest absolute Gasteiger partial charge is 0.462 e. The quantitative estimate of drug-likeness (QED) is 0.790. The standard InChI is InChI=1S/C17H25N3O3S/c1-2-23-17(22)15-12-5-3-4-6-13(12)24-16(15)19-14(21)11-20-9-7-18-8-10-20/h18H,2-11H2,1H3,(H,19,21). The molecule has 1 amide bonds. The summed E-state index contributed by atoms with van der Waals surface area (Å²) in [5.74, 6) is -0.365. The van der Waals surface area contributed by atoms with Gasteiger partial charge < -0.3 is 15.4 Å². The summed E-state index contributed by atoms with van der Waals surface area (Å²) < 4.78 is 5.22. The van der Waals surface area contributed by atoms with E-state index in [1.165, 1.54) is 4.88 Å². The minimum absolute atomic E-state index is 0.0546. The maximum absolute atomic E-state index is 12.4. The Hall–Kier alpha value is -1.44. The van der Waals surface area contributed by atoms with Crippen LogP contribution in [0.15, 0.2) is 0 Å². The Morgan fingerprint density at radius 3 is 2.75 bits per heavy atom. The number of nitrogens with zero attached hydrogens (tertiary/aromatic N) is 1. The lowest BCUT2D eigenvalue weighted by molar-refractivity contribution is -0.117. The van der Waals surface area contributed by atoms with Crippen molar-refractivity contribution in [2.24, 2.45) is 0 Å². The van der Waals surface area contributed by atoms with Crippen LogP contribution < -0.4 is 10.6 Å². The summed E-state index contributed by atoms with van der Waals surface area (Å²) in [4.78, 5) is 28.1. The Labute approximate surface area is 146 Å². The van der Waals surface area contributed by atoms with Crippen LogP contribution in [0.5, 0.6) is 0 Å². The second-order valence-electron chi connectivity index (χ2n) is 6.21. The van der Waals surface area contributed by atoms with E-state index >= 15 is 0 Å². The number of carbonyl (C=O) groups excluding carboxylic acids is 2. The molecule has 0 bridgehead atoms. The molecular weight excluding hydrogens is 326 g/mol. The van der Waals surface area contributed by atoms with E-state index < -0.39 is 0 Å². The Balaban J connectivity index is 1.75. The number of rotatable bonds is 5. The molecular formula is C17H25N3O3S. The number of ether oxygens (including phenoxy) is 1. The van der Waals surface area contributed by atoms with Gasteiger partial charge in [-0.3, -0.25) is 9.69 Å². The lowest BCUT2D eigenvalue weighted by atomic mass is 9.95. The fraction of sp³-hybridized carbons (Fsp3) is 0.647. The van der Waals surface area contributed by atoms with E-state index in [1.807, 2.05) is 0 Å². The molecule has 2 aliphatic rings. The van der Waals surface area contributed by atoms with E-state index in [4.69, 9.17) is 4.74 Å². The monoisotopic (exact) mass is 351 g/mol. The van der Waals surface area contributed by atoms with E-state index in [2.05, 4.69) is 15.5 Å². The van der Waals surface area contributed by atoms with Gasteiger partial charge in [0.25, 0.3) is 0 Å². The van der Waals surface area contributed by atoms with Gasteiger partial charge in [0.2, 0.25) is 5.91 Å². The second-order valence-corrected chi connectivity index (χ2v) is 7.31. The highest BCUT2D eigenvalue weighted by molar-refractivity contribution is 7.17. The van der Waals surface area contributed by atoms with Crippen LogP contribution in [-0.2, 0) is 22.4 Å². The molecule has 3 rings (SSSR count). The van der Waals surface area contributed by atoms with Crippen LogP contribution in [0.3, 0.4) is 0 Å². The van der Waals surface area contributed by atoms with Crippen LogP contribution in [-0.4, -0.2) is 56.1 Å². The van der Waals surface area contributed by atoms with Gasteiger partial charge in [0.05, 0.1) is 18.7 Å². The van der Waals surface area contributed by atoms with Gasteiger partial charge in [-0.05, 0) is 38.2 Å². The van der Waals surface area contributed by atoms with Crippen LogP contribution in [0, 0.1) is 0 Å². The molecule has 6 nitrogen and oxygen atoms in total. The van der Waals surface area contributed by atoms with Crippen LogP contribution in [0.1, 0.15) is 40.6 Å². The summed E-state index contributed by atoms with van der Waals surface area (Å²) in [5, 5.41) is 6.91. The molecule has 132 valence electrons. The average molecular weight is 351 g/mol. The lowest BCUT2D eigenvalue weighted by Gasteiger charge is -2.26. The van der Waals surface area contributed by atoms with Crippen molar-refractivity contribution in [3.05, 3.63) is 16.0 Å². The van der Waals surface area contributed by atoms with Gasteiger partial charge in [-0.2, -0.15) is 0 Å². The van der Waals surface area contributed by atoms with Crippen LogP contribution in [0.2, 0.25) is 0 Å². The number of esters is 1. The topological polar surface area (TPSA) is 70.7 Å². The van der Waals surface area contributed by atoms with Crippen molar-refractivity contribution >= 4 is 28.2 Å². The van der Waals surface area contributed by atoms with E-state index in [-0.39, 0.29) is 11.9 Å². The molecule has 1 aromatic rings. The zero-order valence-electron chi connectivity index (χ0n) is 14.2. The van der Waals surface area contributed by atoms with E-state index in [0.717, 1.165) is 57.4 Å². The lowest BCUT2D eigenvalue weighted by Crippen LogP contribution is -2.46. The molecule has 1 fully saturated rings.